The molecule has 0 spiro atoms. The van der Waals surface area contributed by atoms with Crippen LogP contribution in [-0.4, -0.2) is 27.3 Å². The molecule has 2 fully saturated rings. The van der Waals surface area contributed by atoms with E-state index in [1.165, 1.54) is 32.1 Å². The van der Waals surface area contributed by atoms with Crippen molar-refractivity contribution in [2.75, 3.05) is 32.2 Å². The lowest BCUT2D eigenvalue weighted by Gasteiger charge is -2.33. The lowest BCUT2D eigenvalue weighted by atomic mass is 9.88. The van der Waals surface area contributed by atoms with Gasteiger partial charge in [-0.2, -0.15) is 0 Å². The molecule has 2 N–H and O–H groups in total. The molecule has 122 valence electrons. The van der Waals surface area contributed by atoms with Gasteiger partial charge in [0.15, 0.2) is 0 Å². The Kier molecular flexibility index (Phi) is 4.48. The van der Waals surface area contributed by atoms with Crippen LogP contribution in [0.5, 0.6) is 11.5 Å². The summed E-state index contributed by atoms with van der Waals surface area (Å²) in [5.74, 6) is 1.83. The first-order chi connectivity index (χ1) is 10.7. The molecular weight excluding hydrogens is 276 g/mol. The molecule has 1 aliphatic carbocycles. The second kappa shape index (κ2) is 6.37. The van der Waals surface area contributed by atoms with Gasteiger partial charge in [0, 0.05) is 30.3 Å². The molecule has 0 bridgehead atoms. The number of hydrogen-bond donors (Lipinski definition) is 1. The normalized spacial score (nSPS) is 21.0. The van der Waals surface area contributed by atoms with E-state index in [1.807, 2.05) is 0 Å². The molecule has 0 amide bonds. The van der Waals surface area contributed by atoms with Crippen LogP contribution in [0.3, 0.4) is 0 Å². The maximum atomic E-state index is 6.66. The third-order valence-electron chi connectivity index (χ3n) is 5.23. The minimum absolute atomic E-state index is 0.265. The highest BCUT2D eigenvalue weighted by Gasteiger charge is 2.35. The Morgan fingerprint density at radius 1 is 0.909 bits per heavy atom. The fourth-order valence-corrected chi connectivity index (χ4v) is 3.93. The molecule has 1 heterocycles. The van der Waals surface area contributed by atoms with E-state index in [4.69, 9.17) is 15.2 Å². The molecular formula is C18H28N2O2. The number of hydrogen-bond acceptors (Lipinski definition) is 4. The molecule has 0 radical (unpaired) electrons. The second-order valence-corrected chi connectivity index (χ2v) is 6.64. The number of nitrogens with two attached hydrogens (primary N) is 1. The highest BCUT2D eigenvalue weighted by Crippen LogP contribution is 2.45. The van der Waals surface area contributed by atoms with E-state index in [0.717, 1.165) is 48.7 Å². The Hall–Kier alpha value is -1.42. The van der Waals surface area contributed by atoms with Crippen LogP contribution in [0.25, 0.3) is 0 Å². The van der Waals surface area contributed by atoms with Crippen molar-refractivity contribution in [1.82, 2.24) is 0 Å². The van der Waals surface area contributed by atoms with Crippen LogP contribution < -0.4 is 20.1 Å². The second-order valence-electron chi connectivity index (χ2n) is 6.64. The first-order valence-corrected chi connectivity index (χ1v) is 8.48. The van der Waals surface area contributed by atoms with E-state index in [1.54, 1.807) is 14.2 Å². The monoisotopic (exact) mass is 304 g/mol. The van der Waals surface area contributed by atoms with Crippen LogP contribution in [-0.2, 0) is 5.54 Å². The van der Waals surface area contributed by atoms with Crippen LogP contribution in [0.15, 0.2) is 12.1 Å². The first-order valence-electron chi connectivity index (χ1n) is 8.48. The smallest absolute Gasteiger partial charge is 0.142 e. The third kappa shape index (κ3) is 2.76. The summed E-state index contributed by atoms with van der Waals surface area (Å²) in [6, 6.07) is 4.25. The summed E-state index contributed by atoms with van der Waals surface area (Å²) in [5.41, 5.74) is 8.64. The molecule has 1 aromatic carbocycles. The lowest BCUT2D eigenvalue weighted by Crippen LogP contribution is -2.34. The Bertz CT molecular complexity index is 518. The van der Waals surface area contributed by atoms with Crippen molar-refractivity contribution in [3.8, 4) is 11.5 Å². The zero-order valence-corrected chi connectivity index (χ0v) is 13.9. The fourth-order valence-electron chi connectivity index (χ4n) is 3.93. The molecule has 1 aliphatic heterocycles. The first kappa shape index (κ1) is 15.5. The maximum absolute atomic E-state index is 6.66. The van der Waals surface area contributed by atoms with Gasteiger partial charge in [0.2, 0.25) is 0 Å². The lowest BCUT2D eigenvalue weighted by molar-refractivity contribution is 0.371. The number of anilines is 1. The average Bonchev–Trinajstić information content (AvgIpc) is 3.02. The van der Waals surface area contributed by atoms with Crippen molar-refractivity contribution >= 4 is 5.69 Å². The van der Waals surface area contributed by atoms with Gasteiger partial charge in [-0.05, 0) is 38.2 Å². The Morgan fingerprint density at radius 2 is 1.55 bits per heavy atom. The van der Waals surface area contributed by atoms with Gasteiger partial charge in [0.25, 0.3) is 0 Å². The molecule has 4 heteroatoms. The molecule has 1 saturated heterocycles. The van der Waals surface area contributed by atoms with Crippen molar-refractivity contribution in [1.29, 1.82) is 0 Å². The standard InChI is InChI=1S/C18H28N2O2/c1-21-16-13-15(20-10-6-3-7-11-20)17(22-2)12-14(16)18(19)8-4-5-9-18/h12-13H,3-11,19H2,1-2H3. The van der Waals surface area contributed by atoms with Crippen LogP contribution >= 0.6 is 0 Å². The molecule has 0 atom stereocenters. The summed E-state index contributed by atoms with van der Waals surface area (Å²) in [6.45, 7) is 2.18. The van der Waals surface area contributed by atoms with Crippen molar-refractivity contribution in [2.45, 2.75) is 50.5 Å². The van der Waals surface area contributed by atoms with Crippen LogP contribution in [0, 0.1) is 0 Å². The van der Waals surface area contributed by atoms with Crippen molar-refractivity contribution in [3.63, 3.8) is 0 Å². The summed E-state index contributed by atoms with van der Waals surface area (Å²) < 4.78 is 11.4. The van der Waals surface area contributed by atoms with Gasteiger partial charge < -0.3 is 20.1 Å². The predicted octanol–water partition coefficient (Wildman–Crippen LogP) is 3.42. The third-order valence-corrected chi connectivity index (χ3v) is 5.23. The number of benzene rings is 1. The van der Waals surface area contributed by atoms with E-state index in [9.17, 15) is 0 Å². The van der Waals surface area contributed by atoms with E-state index in [2.05, 4.69) is 17.0 Å². The Morgan fingerprint density at radius 3 is 2.14 bits per heavy atom. The number of piperidine rings is 1. The SMILES string of the molecule is COc1cc(C2(N)CCCC2)c(OC)cc1N1CCCCC1. The van der Waals surface area contributed by atoms with Gasteiger partial charge in [-0.25, -0.2) is 0 Å². The van der Waals surface area contributed by atoms with Gasteiger partial charge in [0.05, 0.1) is 19.9 Å². The molecule has 2 aliphatic rings. The molecule has 22 heavy (non-hydrogen) atoms. The predicted molar refractivity (Wildman–Crippen MR) is 89.9 cm³/mol. The quantitative estimate of drug-likeness (QED) is 0.926. The highest BCUT2D eigenvalue weighted by atomic mass is 16.5. The van der Waals surface area contributed by atoms with Gasteiger partial charge in [0.1, 0.15) is 11.5 Å². The summed E-state index contributed by atoms with van der Waals surface area (Å²) >= 11 is 0. The average molecular weight is 304 g/mol. The fraction of sp³-hybridized carbons (Fsp3) is 0.667. The number of methoxy groups -OCH3 is 2. The topological polar surface area (TPSA) is 47.7 Å². The largest absolute Gasteiger partial charge is 0.496 e. The van der Waals surface area contributed by atoms with Crippen LogP contribution in [0.2, 0.25) is 0 Å². The Labute approximate surface area is 133 Å². The summed E-state index contributed by atoms with van der Waals surface area (Å²) in [7, 11) is 3.49. The minimum atomic E-state index is -0.265. The molecule has 1 aromatic rings. The summed E-state index contributed by atoms with van der Waals surface area (Å²) in [5, 5.41) is 0. The van der Waals surface area contributed by atoms with Crippen molar-refractivity contribution in [3.05, 3.63) is 17.7 Å². The summed E-state index contributed by atoms with van der Waals surface area (Å²) in [4.78, 5) is 2.41. The summed E-state index contributed by atoms with van der Waals surface area (Å²) in [6.07, 6.45) is 8.24. The molecule has 4 nitrogen and oxygen atoms in total. The molecule has 0 aromatic heterocycles. The highest BCUT2D eigenvalue weighted by molar-refractivity contribution is 5.65. The molecule has 3 rings (SSSR count). The zero-order valence-electron chi connectivity index (χ0n) is 13.9. The maximum Gasteiger partial charge on any atom is 0.142 e. The van der Waals surface area contributed by atoms with Crippen molar-refractivity contribution < 1.29 is 9.47 Å². The van der Waals surface area contributed by atoms with Gasteiger partial charge in [-0.3, -0.25) is 0 Å². The number of ether oxygens (including phenoxy) is 2. The van der Waals surface area contributed by atoms with Crippen LogP contribution in [0.4, 0.5) is 5.69 Å². The number of rotatable bonds is 4. The van der Waals surface area contributed by atoms with Gasteiger partial charge in [-0.1, -0.05) is 12.8 Å². The van der Waals surface area contributed by atoms with E-state index in [0.29, 0.717) is 0 Å². The van der Waals surface area contributed by atoms with Gasteiger partial charge >= 0.3 is 0 Å². The number of nitrogens with zero attached hydrogens (tertiary/aromatic N) is 1. The zero-order chi connectivity index (χ0) is 15.6. The van der Waals surface area contributed by atoms with Crippen molar-refractivity contribution in [2.24, 2.45) is 5.73 Å². The Balaban J connectivity index is 2.01. The minimum Gasteiger partial charge on any atom is -0.496 e. The molecule has 0 unspecified atom stereocenters. The van der Waals surface area contributed by atoms with E-state index >= 15 is 0 Å². The van der Waals surface area contributed by atoms with Crippen LogP contribution in [0.1, 0.15) is 50.5 Å². The van der Waals surface area contributed by atoms with E-state index < -0.39 is 0 Å². The van der Waals surface area contributed by atoms with E-state index in [-0.39, 0.29) is 5.54 Å². The van der Waals surface area contributed by atoms with Gasteiger partial charge in [-0.15, -0.1) is 0 Å². The molecule has 1 saturated carbocycles.